The van der Waals surface area contributed by atoms with Gasteiger partial charge in [-0.1, -0.05) is 17.7 Å². The molecule has 0 atom stereocenters. The highest BCUT2D eigenvalue weighted by molar-refractivity contribution is 5.85. The van der Waals surface area contributed by atoms with Crippen molar-refractivity contribution >= 4 is 17.8 Å². The van der Waals surface area contributed by atoms with Gasteiger partial charge in [0.05, 0.1) is 12.8 Å². The summed E-state index contributed by atoms with van der Waals surface area (Å²) in [6, 6.07) is 6.19. The number of nitrogens with one attached hydrogen (secondary N) is 3. The van der Waals surface area contributed by atoms with Crippen molar-refractivity contribution in [3.05, 3.63) is 51.8 Å². The van der Waals surface area contributed by atoms with Crippen LogP contribution in [0.5, 0.6) is 0 Å². The Hall–Kier alpha value is -2.56. The van der Waals surface area contributed by atoms with Gasteiger partial charge in [-0.25, -0.2) is 5.43 Å². The minimum atomic E-state index is -0.175. The second kappa shape index (κ2) is 7.13. The molecular formula is C18H24N4O. The number of carbonyl (C=O) groups excluding carboxylic acids is 1. The van der Waals surface area contributed by atoms with E-state index in [0.717, 1.165) is 33.8 Å². The predicted octanol–water partition coefficient (Wildman–Crippen LogP) is 3.12. The molecule has 23 heavy (non-hydrogen) atoms. The molecule has 0 unspecified atom stereocenters. The number of hydrogen-bond donors (Lipinski definition) is 3. The van der Waals surface area contributed by atoms with Gasteiger partial charge in [0.1, 0.15) is 0 Å². The lowest BCUT2D eigenvalue weighted by Gasteiger charge is -2.13. The monoisotopic (exact) mass is 312 g/mol. The van der Waals surface area contributed by atoms with Gasteiger partial charge in [-0.15, -0.1) is 0 Å². The van der Waals surface area contributed by atoms with Crippen LogP contribution in [-0.4, -0.2) is 23.7 Å². The van der Waals surface area contributed by atoms with Crippen LogP contribution in [-0.2, 0) is 4.79 Å². The molecule has 0 radical (unpaired) electrons. The average molecular weight is 312 g/mol. The van der Waals surface area contributed by atoms with E-state index in [-0.39, 0.29) is 12.5 Å². The van der Waals surface area contributed by atoms with Crippen molar-refractivity contribution in [1.82, 2.24) is 10.4 Å². The molecule has 0 saturated carbocycles. The first-order valence-electron chi connectivity index (χ1n) is 7.66. The number of anilines is 1. The summed E-state index contributed by atoms with van der Waals surface area (Å²) in [5.41, 5.74) is 10.1. The van der Waals surface area contributed by atoms with Gasteiger partial charge in [0.2, 0.25) is 0 Å². The topological polar surface area (TPSA) is 69.3 Å². The number of aromatic nitrogens is 1. The third-order valence-electron chi connectivity index (χ3n) is 3.69. The predicted molar refractivity (Wildman–Crippen MR) is 95.1 cm³/mol. The van der Waals surface area contributed by atoms with Crippen molar-refractivity contribution in [2.45, 2.75) is 34.6 Å². The summed E-state index contributed by atoms with van der Waals surface area (Å²) in [7, 11) is 0. The number of aromatic amines is 1. The minimum Gasteiger partial charge on any atom is -0.376 e. The maximum atomic E-state index is 11.9. The van der Waals surface area contributed by atoms with Gasteiger partial charge < -0.3 is 10.3 Å². The summed E-state index contributed by atoms with van der Waals surface area (Å²) in [5, 5.41) is 7.18. The van der Waals surface area contributed by atoms with Crippen molar-refractivity contribution in [3.8, 4) is 0 Å². The lowest BCUT2D eigenvalue weighted by Crippen LogP contribution is -2.26. The molecule has 0 aliphatic carbocycles. The second-order valence-electron chi connectivity index (χ2n) is 5.95. The molecule has 0 saturated heterocycles. The Morgan fingerprint density at radius 3 is 2.35 bits per heavy atom. The van der Waals surface area contributed by atoms with E-state index in [1.165, 1.54) is 5.56 Å². The Balaban J connectivity index is 1.90. The number of carbonyl (C=O) groups is 1. The SMILES string of the molecule is Cc1cc(C)c(NCC(=O)N/N=C/c2cc(C)[nH]c2C)c(C)c1. The van der Waals surface area contributed by atoms with Crippen LogP contribution in [0.3, 0.4) is 0 Å². The molecule has 122 valence electrons. The Kier molecular flexibility index (Phi) is 5.21. The molecule has 0 aliphatic rings. The van der Waals surface area contributed by atoms with Crippen LogP contribution < -0.4 is 10.7 Å². The molecule has 5 nitrogen and oxygen atoms in total. The lowest BCUT2D eigenvalue weighted by atomic mass is 10.1. The third kappa shape index (κ3) is 4.45. The molecule has 3 N–H and O–H groups in total. The first-order valence-corrected chi connectivity index (χ1v) is 7.66. The molecule has 1 aromatic heterocycles. The number of nitrogens with zero attached hydrogens (tertiary/aromatic N) is 1. The van der Waals surface area contributed by atoms with Crippen LogP contribution in [0.25, 0.3) is 0 Å². The zero-order chi connectivity index (χ0) is 17.0. The van der Waals surface area contributed by atoms with Crippen LogP contribution >= 0.6 is 0 Å². The molecule has 2 rings (SSSR count). The normalized spacial score (nSPS) is 11.0. The Labute approximate surface area is 137 Å². The van der Waals surface area contributed by atoms with E-state index in [0.29, 0.717) is 0 Å². The van der Waals surface area contributed by atoms with E-state index in [1.807, 2.05) is 33.8 Å². The summed E-state index contributed by atoms with van der Waals surface area (Å²) in [6.07, 6.45) is 1.65. The Morgan fingerprint density at radius 2 is 1.78 bits per heavy atom. The summed E-state index contributed by atoms with van der Waals surface area (Å²) >= 11 is 0. The lowest BCUT2D eigenvalue weighted by molar-refractivity contribution is -0.119. The first-order chi connectivity index (χ1) is 10.9. The third-order valence-corrected chi connectivity index (χ3v) is 3.69. The van der Waals surface area contributed by atoms with Crippen LogP contribution in [0.1, 0.15) is 33.6 Å². The van der Waals surface area contributed by atoms with Crippen molar-refractivity contribution < 1.29 is 4.79 Å². The molecule has 0 aliphatic heterocycles. The fourth-order valence-corrected chi connectivity index (χ4v) is 2.72. The van der Waals surface area contributed by atoms with Crippen LogP contribution in [0.15, 0.2) is 23.3 Å². The van der Waals surface area contributed by atoms with Gasteiger partial charge in [-0.2, -0.15) is 5.10 Å². The number of hydrazone groups is 1. The zero-order valence-corrected chi connectivity index (χ0v) is 14.4. The highest BCUT2D eigenvalue weighted by Crippen LogP contribution is 2.21. The molecular weight excluding hydrogens is 288 g/mol. The Morgan fingerprint density at radius 1 is 1.13 bits per heavy atom. The Bertz CT molecular complexity index is 720. The van der Waals surface area contributed by atoms with Gasteiger partial charge in [0, 0.05) is 22.6 Å². The second-order valence-corrected chi connectivity index (χ2v) is 5.95. The maximum Gasteiger partial charge on any atom is 0.259 e. The minimum absolute atomic E-state index is 0.175. The van der Waals surface area contributed by atoms with Gasteiger partial charge in [0.15, 0.2) is 0 Å². The molecule has 0 fully saturated rings. The van der Waals surface area contributed by atoms with Gasteiger partial charge in [0.25, 0.3) is 5.91 Å². The standard InChI is InChI=1S/C18H24N4O/c1-11-6-12(2)18(13(3)7-11)19-10-17(23)22-20-9-16-8-14(4)21-15(16)5/h6-9,19,21H,10H2,1-5H3,(H,22,23)/b20-9+. The van der Waals surface area contributed by atoms with Gasteiger partial charge in [-0.3, -0.25) is 4.79 Å². The molecule has 0 spiro atoms. The van der Waals surface area contributed by atoms with E-state index in [9.17, 15) is 4.79 Å². The summed E-state index contributed by atoms with van der Waals surface area (Å²) < 4.78 is 0. The average Bonchev–Trinajstić information content (AvgIpc) is 2.76. The number of aryl methyl sites for hydroxylation is 5. The summed E-state index contributed by atoms with van der Waals surface area (Å²) in [4.78, 5) is 15.1. The molecule has 2 aromatic rings. The van der Waals surface area contributed by atoms with Crippen molar-refractivity contribution in [2.24, 2.45) is 5.10 Å². The van der Waals surface area contributed by atoms with Crippen molar-refractivity contribution in [1.29, 1.82) is 0 Å². The maximum absolute atomic E-state index is 11.9. The number of H-pyrrole nitrogens is 1. The van der Waals surface area contributed by atoms with Gasteiger partial charge >= 0.3 is 0 Å². The van der Waals surface area contributed by atoms with Crippen molar-refractivity contribution in [2.75, 3.05) is 11.9 Å². The number of amides is 1. The van der Waals surface area contributed by atoms with Crippen LogP contribution in [0, 0.1) is 34.6 Å². The molecule has 1 heterocycles. The molecule has 1 amide bonds. The first kappa shape index (κ1) is 16.8. The highest BCUT2D eigenvalue weighted by atomic mass is 16.2. The number of benzene rings is 1. The number of rotatable bonds is 5. The summed E-state index contributed by atoms with van der Waals surface area (Å²) in [5.74, 6) is -0.175. The number of hydrogen-bond acceptors (Lipinski definition) is 3. The fraction of sp³-hybridized carbons (Fsp3) is 0.333. The zero-order valence-electron chi connectivity index (χ0n) is 14.4. The molecule has 1 aromatic carbocycles. The molecule has 5 heteroatoms. The smallest absolute Gasteiger partial charge is 0.259 e. The van der Waals surface area contributed by atoms with E-state index in [2.05, 4.69) is 39.9 Å². The van der Waals surface area contributed by atoms with Crippen LogP contribution in [0.2, 0.25) is 0 Å². The summed E-state index contributed by atoms with van der Waals surface area (Å²) in [6.45, 7) is 10.3. The highest BCUT2D eigenvalue weighted by Gasteiger charge is 2.06. The van der Waals surface area contributed by atoms with E-state index < -0.39 is 0 Å². The van der Waals surface area contributed by atoms with Crippen molar-refractivity contribution in [3.63, 3.8) is 0 Å². The van der Waals surface area contributed by atoms with E-state index >= 15 is 0 Å². The quantitative estimate of drug-likeness (QED) is 0.586. The largest absolute Gasteiger partial charge is 0.376 e. The van der Waals surface area contributed by atoms with Crippen LogP contribution in [0.4, 0.5) is 5.69 Å². The molecule has 0 bridgehead atoms. The van der Waals surface area contributed by atoms with E-state index in [1.54, 1.807) is 6.21 Å². The van der Waals surface area contributed by atoms with E-state index in [4.69, 9.17) is 0 Å². The van der Waals surface area contributed by atoms with Gasteiger partial charge in [-0.05, 0) is 51.8 Å². The fourth-order valence-electron chi connectivity index (χ4n) is 2.72.